The normalized spacial score (nSPS) is 25.9. The summed E-state index contributed by atoms with van der Waals surface area (Å²) in [6, 6.07) is 1.65. The Kier molecular flexibility index (Phi) is 4.86. The first-order valence-electron chi connectivity index (χ1n) is 8.30. The summed E-state index contributed by atoms with van der Waals surface area (Å²) in [6.45, 7) is -0.396. The van der Waals surface area contributed by atoms with Crippen LogP contribution in [0.2, 0.25) is 5.02 Å². The van der Waals surface area contributed by atoms with E-state index in [4.69, 9.17) is 11.6 Å². The van der Waals surface area contributed by atoms with Crippen molar-refractivity contribution in [2.24, 2.45) is 11.3 Å². The molecule has 1 aliphatic heterocycles. The highest BCUT2D eigenvalue weighted by atomic mass is 35.5. The molecule has 1 aliphatic carbocycles. The van der Waals surface area contributed by atoms with Crippen LogP contribution in [0.25, 0.3) is 0 Å². The maximum Gasteiger partial charge on any atom is 0.426 e. The van der Waals surface area contributed by atoms with E-state index in [1.807, 2.05) is 0 Å². The Labute approximate surface area is 161 Å². The maximum atomic E-state index is 13.9. The first-order valence-corrected chi connectivity index (χ1v) is 8.67. The average Bonchev–Trinajstić information content (AvgIpc) is 3.16. The minimum absolute atomic E-state index is 0.0986. The Morgan fingerprint density at radius 1 is 1.36 bits per heavy atom. The quantitative estimate of drug-likeness (QED) is 0.574. The minimum atomic E-state index is -5.15. The van der Waals surface area contributed by atoms with E-state index in [1.165, 1.54) is 0 Å². The molecule has 28 heavy (non-hydrogen) atoms. The highest BCUT2D eigenvalue weighted by molar-refractivity contribution is 6.30. The number of hydrogen-bond acceptors (Lipinski definition) is 3. The Balaban J connectivity index is 1.66. The van der Waals surface area contributed by atoms with E-state index in [0.717, 1.165) is 17.0 Å². The van der Waals surface area contributed by atoms with Gasteiger partial charge in [-0.3, -0.25) is 9.59 Å². The molecular formula is C17H16ClF5N2O3. The summed E-state index contributed by atoms with van der Waals surface area (Å²) in [4.78, 5) is 25.4. The van der Waals surface area contributed by atoms with Gasteiger partial charge in [-0.1, -0.05) is 11.6 Å². The van der Waals surface area contributed by atoms with Gasteiger partial charge >= 0.3 is 6.18 Å². The highest BCUT2D eigenvalue weighted by Crippen LogP contribution is 2.58. The van der Waals surface area contributed by atoms with Crippen molar-refractivity contribution in [1.82, 2.24) is 10.2 Å². The predicted octanol–water partition coefficient (Wildman–Crippen LogP) is 2.40. The fourth-order valence-corrected chi connectivity index (χ4v) is 3.73. The van der Waals surface area contributed by atoms with Crippen LogP contribution in [-0.4, -0.2) is 46.7 Å². The number of rotatable bonds is 4. The van der Waals surface area contributed by atoms with Crippen LogP contribution < -0.4 is 5.32 Å². The lowest BCUT2D eigenvalue weighted by molar-refractivity contribution is -0.250. The van der Waals surface area contributed by atoms with E-state index in [1.54, 1.807) is 0 Å². The van der Waals surface area contributed by atoms with Gasteiger partial charge in [0, 0.05) is 25.2 Å². The van der Waals surface area contributed by atoms with Crippen LogP contribution in [-0.2, 0) is 16.1 Å². The molecule has 1 saturated carbocycles. The molecule has 1 unspecified atom stereocenters. The molecule has 5 nitrogen and oxygen atoms in total. The predicted molar refractivity (Wildman–Crippen MR) is 87.0 cm³/mol. The van der Waals surface area contributed by atoms with Crippen LogP contribution in [0.3, 0.4) is 0 Å². The van der Waals surface area contributed by atoms with Crippen molar-refractivity contribution in [2.75, 3.05) is 13.1 Å². The lowest BCUT2D eigenvalue weighted by Gasteiger charge is -2.31. The van der Waals surface area contributed by atoms with Crippen molar-refractivity contribution in [3.8, 4) is 0 Å². The number of benzene rings is 1. The van der Waals surface area contributed by atoms with Crippen LogP contribution in [0.5, 0.6) is 0 Å². The molecule has 11 heteroatoms. The number of carbonyl (C=O) groups is 2. The molecular weight excluding hydrogens is 411 g/mol. The monoisotopic (exact) mass is 426 g/mol. The molecule has 3 atom stereocenters. The van der Waals surface area contributed by atoms with Crippen molar-refractivity contribution in [3.05, 3.63) is 34.4 Å². The number of amides is 2. The van der Waals surface area contributed by atoms with Gasteiger partial charge < -0.3 is 15.3 Å². The first kappa shape index (κ1) is 20.8. The van der Waals surface area contributed by atoms with Crippen molar-refractivity contribution >= 4 is 23.4 Å². The number of nitrogens with zero attached hydrogens (tertiary/aromatic N) is 1. The third kappa shape index (κ3) is 3.32. The van der Waals surface area contributed by atoms with E-state index in [9.17, 15) is 36.6 Å². The Morgan fingerprint density at radius 3 is 2.61 bits per heavy atom. The lowest BCUT2D eigenvalue weighted by Crippen LogP contribution is -2.56. The second kappa shape index (κ2) is 6.55. The first-order chi connectivity index (χ1) is 12.8. The molecule has 3 rings (SSSR count). The van der Waals surface area contributed by atoms with Crippen molar-refractivity contribution in [2.45, 2.75) is 31.7 Å². The topological polar surface area (TPSA) is 69.6 Å². The van der Waals surface area contributed by atoms with Gasteiger partial charge in [0.15, 0.2) is 0 Å². The Morgan fingerprint density at radius 2 is 2.00 bits per heavy atom. The second-order valence-electron chi connectivity index (χ2n) is 7.36. The summed E-state index contributed by atoms with van der Waals surface area (Å²) < 4.78 is 65.8. The molecule has 2 aliphatic rings. The molecule has 2 fully saturated rings. The fraction of sp³-hybridized carbons (Fsp3) is 0.529. The van der Waals surface area contributed by atoms with Crippen molar-refractivity contribution in [3.63, 3.8) is 0 Å². The summed E-state index contributed by atoms with van der Waals surface area (Å²) in [6.07, 6.45) is -4.80. The molecule has 154 valence electrons. The zero-order valence-corrected chi connectivity index (χ0v) is 15.3. The molecule has 1 aromatic carbocycles. The molecule has 1 saturated heterocycles. The van der Waals surface area contributed by atoms with Gasteiger partial charge in [-0.2, -0.15) is 13.2 Å². The van der Waals surface area contributed by atoms with Crippen LogP contribution in [0.4, 0.5) is 22.0 Å². The Bertz CT molecular complexity index is 845. The molecule has 0 aromatic heterocycles. The molecule has 1 aromatic rings. The number of fused-ring (bicyclic) bond motifs is 1. The van der Waals surface area contributed by atoms with E-state index >= 15 is 0 Å². The number of carbonyl (C=O) groups excluding carboxylic acids is 2. The van der Waals surface area contributed by atoms with Gasteiger partial charge in [0.05, 0.1) is 10.4 Å². The minimum Gasteiger partial charge on any atom is -0.373 e. The molecule has 2 amide bonds. The van der Waals surface area contributed by atoms with Gasteiger partial charge in [-0.25, -0.2) is 8.78 Å². The van der Waals surface area contributed by atoms with Crippen LogP contribution in [0, 0.1) is 23.0 Å². The maximum absolute atomic E-state index is 13.9. The number of hydrogen-bond donors (Lipinski definition) is 2. The van der Waals surface area contributed by atoms with E-state index < -0.39 is 45.7 Å². The number of likely N-dealkylation sites (tertiary alicyclic amines) is 1. The van der Waals surface area contributed by atoms with Crippen LogP contribution in [0.15, 0.2) is 12.1 Å². The Hall–Kier alpha value is -1.94. The van der Waals surface area contributed by atoms with Crippen LogP contribution >= 0.6 is 11.6 Å². The standard InChI is InChI=1S/C17H16ClF5N2O3/c1-15(28,17(21,22)23)14(27)25-6-9-4-16(9,7-25)13(26)24-5-8-2-10(19)3-11(18)12(8)20/h2-3,9,28H,4-7H2,1H3,(H,24,26)/t9-,15?,16-/m1/s1. The molecule has 0 bridgehead atoms. The number of piperidine rings is 1. The summed E-state index contributed by atoms with van der Waals surface area (Å²) >= 11 is 5.54. The van der Waals surface area contributed by atoms with E-state index in [-0.39, 0.29) is 31.1 Å². The van der Waals surface area contributed by atoms with E-state index in [2.05, 4.69) is 5.32 Å². The fourth-order valence-electron chi connectivity index (χ4n) is 3.51. The number of halogens is 6. The second-order valence-corrected chi connectivity index (χ2v) is 7.76. The van der Waals surface area contributed by atoms with Gasteiger partial charge in [0.1, 0.15) is 11.6 Å². The summed E-state index contributed by atoms with van der Waals surface area (Å²) in [5.41, 5.74) is -4.83. The van der Waals surface area contributed by atoms with E-state index in [0.29, 0.717) is 13.3 Å². The van der Waals surface area contributed by atoms with Gasteiger partial charge in [0.2, 0.25) is 11.5 Å². The van der Waals surface area contributed by atoms with Crippen molar-refractivity contribution < 1.29 is 36.6 Å². The van der Waals surface area contributed by atoms with Crippen LogP contribution in [0.1, 0.15) is 18.9 Å². The third-order valence-corrected chi connectivity index (χ3v) is 5.64. The molecule has 0 radical (unpaired) electrons. The summed E-state index contributed by atoms with van der Waals surface area (Å²) in [5, 5.41) is 11.5. The van der Waals surface area contributed by atoms with Gasteiger partial charge in [0.25, 0.3) is 5.91 Å². The number of aliphatic hydroxyl groups is 1. The summed E-state index contributed by atoms with van der Waals surface area (Å²) in [7, 11) is 0. The smallest absolute Gasteiger partial charge is 0.373 e. The average molecular weight is 427 g/mol. The van der Waals surface area contributed by atoms with Gasteiger partial charge in [-0.05, 0) is 31.4 Å². The molecule has 2 N–H and O–H groups in total. The third-order valence-electron chi connectivity index (χ3n) is 5.36. The summed E-state index contributed by atoms with van der Waals surface area (Å²) in [5.74, 6) is -4.15. The number of alkyl halides is 3. The zero-order chi connectivity index (χ0) is 21.1. The number of nitrogens with one attached hydrogen (secondary N) is 1. The molecule has 0 spiro atoms. The largest absolute Gasteiger partial charge is 0.426 e. The lowest BCUT2D eigenvalue weighted by atomic mass is 10.0. The SMILES string of the molecule is CC(O)(C(=O)N1C[C@H]2C[C@@]2(C(=O)NCc2cc(F)cc(Cl)c2F)C1)C(F)(F)F. The molecule has 1 heterocycles. The van der Waals surface area contributed by atoms with Gasteiger partial charge in [-0.15, -0.1) is 0 Å². The highest BCUT2D eigenvalue weighted by Gasteiger charge is 2.68. The van der Waals surface area contributed by atoms with Crippen molar-refractivity contribution in [1.29, 1.82) is 0 Å². The zero-order valence-electron chi connectivity index (χ0n) is 14.5.